The number of nitrogens with zero attached hydrogens (tertiary/aromatic N) is 1. The molecule has 0 radical (unpaired) electrons. The van der Waals surface area contributed by atoms with Crippen molar-refractivity contribution in [2.45, 2.75) is 45.6 Å². The van der Waals surface area contributed by atoms with E-state index in [2.05, 4.69) is 10.3 Å². The highest BCUT2D eigenvalue weighted by Crippen LogP contribution is 2.16. The molecule has 0 saturated carbocycles. The maximum absolute atomic E-state index is 12.9. The lowest BCUT2D eigenvalue weighted by Gasteiger charge is -2.26. The third-order valence-corrected chi connectivity index (χ3v) is 4.46. The third kappa shape index (κ3) is 4.91. The van der Waals surface area contributed by atoms with Gasteiger partial charge in [-0.2, -0.15) is 0 Å². The fourth-order valence-corrected chi connectivity index (χ4v) is 3.17. The van der Waals surface area contributed by atoms with Gasteiger partial charge < -0.3 is 5.32 Å². The van der Waals surface area contributed by atoms with Crippen LogP contribution in [0.5, 0.6) is 0 Å². The molecule has 1 heterocycles. The second-order valence-corrected chi connectivity index (χ2v) is 7.04. The summed E-state index contributed by atoms with van der Waals surface area (Å²) in [5.41, 5.74) is 3.45. The van der Waals surface area contributed by atoms with Crippen LogP contribution in [0.25, 0.3) is 0 Å². The zero-order chi connectivity index (χ0) is 16.2. The zero-order valence-corrected chi connectivity index (χ0v) is 14.0. The number of amides is 1. The van der Waals surface area contributed by atoms with E-state index in [9.17, 15) is 9.18 Å². The summed E-state index contributed by atoms with van der Waals surface area (Å²) in [6.07, 6.45) is 1.84. The number of rotatable bonds is 6. The van der Waals surface area contributed by atoms with Gasteiger partial charge in [-0.3, -0.25) is 4.79 Å². The summed E-state index contributed by atoms with van der Waals surface area (Å²) in [5.74, 6) is -0.217. The fourth-order valence-electron chi connectivity index (χ4n) is 2.39. The predicted octanol–water partition coefficient (Wildman–Crippen LogP) is 3.66. The molecule has 3 nitrogen and oxygen atoms in total. The van der Waals surface area contributed by atoms with E-state index in [1.165, 1.54) is 12.1 Å². The summed E-state index contributed by atoms with van der Waals surface area (Å²) in [6.45, 7) is 5.92. The Balaban J connectivity index is 1.86. The molecule has 0 unspecified atom stereocenters. The van der Waals surface area contributed by atoms with Gasteiger partial charge in [-0.15, -0.1) is 11.3 Å². The van der Waals surface area contributed by atoms with Crippen molar-refractivity contribution in [1.29, 1.82) is 0 Å². The van der Waals surface area contributed by atoms with E-state index in [-0.39, 0.29) is 17.3 Å². The minimum Gasteiger partial charge on any atom is -0.351 e. The van der Waals surface area contributed by atoms with Crippen LogP contribution in [0.1, 0.15) is 36.4 Å². The fraction of sp³-hybridized carbons (Fsp3) is 0.412. The summed E-state index contributed by atoms with van der Waals surface area (Å²) >= 11 is 1.59. The second-order valence-electron chi connectivity index (χ2n) is 6.10. The molecular formula is C17H21FN2OS. The van der Waals surface area contributed by atoms with E-state index in [0.29, 0.717) is 12.8 Å². The molecule has 0 spiro atoms. The van der Waals surface area contributed by atoms with Gasteiger partial charge in [-0.05, 0) is 51.3 Å². The first kappa shape index (κ1) is 16.6. The van der Waals surface area contributed by atoms with E-state index in [1.807, 2.05) is 20.8 Å². The van der Waals surface area contributed by atoms with Gasteiger partial charge in [-0.25, -0.2) is 9.37 Å². The Morgan fingerprint density at radius 3 is 2.59 bits per heavy atom. The molecule has 1 N–H and O–H groups in total. The molecule has 1 aromatic carbocycles. The smallest absolute Gasteiger partial charge is 0.220 e. The lowest BCUT2D eigenvalue weighted by atomic mass is 9.94. The molecule has 0 saturated heterocycles. The van der Waals surface area contributed by atoms with Crippen molar-refractivity contribution in [3.63, 3.8) is 0 Å². The predicted molar refractivity (Wildman–Crippen MR) is 87.5 cm³/mol. The van der Waals surface area contributed by atoms with Crippen molar-refractivity contribution in [2.24, 2.45) is 0 Å². The minimum absolute atomic E-state index is 0.0277. The van der Waals surface area contributed by atoms with Crippen LogP contribution < -0.4 is 5.32 Å². The van der Waals surface area contributed by atoms with E-state index in [0.717, 1.165) is 22.6 Å². The van der Waals surface area contributed by atoms with Crippen molar-refractivity contribution < 1.29 is 9.18 Å². The van der Waals surface area contributed by atoms with Gasteiger partial charge in [0.15, 0.2) is 0 Å². The molecule has 2 rings (SSSR count). The van der Waals surface area contributed by atoms with Crippen molar-refractivity contribution >= 4 is 17.2 Å². The van der Waals surface area contributed by atoms with Crippen LogP contribution in [0.3, 0.4) is 0 Å². The second kappa shape index (κ2) is 7.01. The van der Waals surface area contributed by atoms with Crippen LogP contribution in [-0.4, -0.2) is 16.4 Å². The molecule has 0 atom stereocenters. The van der Waals surface area contributed by atoms with Crippen molar-refractivity contribution in [3.05, 3.63) is 51.7 Å². The van der Waals surface area contributed by atoms with Crippen LogP contribution >= 0.6 is 11.3 Å². The van der Waals surface area contributed by atoms with Gasteiger partial charge >= 0.3 is 0 Å². The average molecular weight is 320 g/mol. The van der Waals surface area contributed by atoms with Crippen LogP contribution in [0, 0.1) is 12.7 Å². The van der Waals surface area contributed by atoms with Crippen molar-refractivity contribution in [2.75, 3.05) is 0 Å². The number of hydrogen-bond acceptors (Lipinski definition) is 3. The third-order valence-electron chi connectivity index (χ3n) is 3.46. The highest BCUT2D eigenvalue weighted by atomic mass is 32.1. The molecule has 0 fully saturated rings. The number of carbonyl (C=O) groups is 1. The number of carbonyl (C=O) groups excluding carboxylic acids is 1. The topological polar surface area (TPSA) is 42.0 Å². The molecule has 22 heavy (non-hydrogen) atoms. The summed E-state index contributed by atoms with van der Waals surface area (Å²) in [6, 6.07) is 6.40. The Kier molecular flexibility index (Phi) is 5.29. The van der Waals surface area contributed by atoms with Crippen molar-refractivity contribution in [3.8, 4) is 0 Å². The number of hydrogen-bond donors (Lipinski definition) is 1. The summed E-state index contributed by atoms with van der Waals surface area (Å²) in [5, 5.41) is 3.05. The SMILES string of the molecule is Cc1ncsc1CCC(=O)NC(C)(C)Cc1ccc(F)cc1. The number of halogens is 1. The van der Waals surface area contributed by atoms with Crippen LogP contribution in [0.4, 0.5) is 4.39 Å². The Bertz CT molecular complexity index is 634. The summed E-state index contributed by atoms with van der Waals surface area (Å²) in [4.78, 5) is 17.5. The monoisotopic (exact) mass is 320 g/mol. The van der Waals surface area contributed by atoms with Gasteiger partial charge in [0.2, 0.25) is 5.91 Å². The number of thiazole rings is 1. The number of nitrogens with one attached hydrogen (secondary N) is 1. The molecule has 1 aromatic heterocycles. The molecule has 0 aliphatic rings. The average Bonchev–Trinajstić information content (AvgIpc) is 2.84. The number of aromatic nitrogens is 1. The van der Waals surface area contributed by atoms with Crippen LogP contribution in [-0.2, 0) is 17.6 Å². The Morgan fingerprint density at radius 2 is 2.00 bits per heavy atom. The minimum atomic E-state index is -0.363. The Morgan fingerprint density at radius 1 is 1.32 bits per heavy atom. The quantitative estimate of drug-likeness (QED) is 0.882. The normalized spacial score (nSPS) is 11.5. The molecule has 2 aromatic rings. The zero-order valence-electron chi connectivity index (χ0n) is 13.1. The van der Waals surface area contributed by atoms with Crippen LogP contribution in [0.2, 0.25) is 0 Å². The number of benzene rings is 1. The molecule has 1 amide bonds. The largest absolute Gasteiger partial charge is 0.351 e. The van der Waals surface area contributed by atoms with E-state index < -0.39 is 0 Å². The first-order valence-electron chi connectivity index (χ1n) is 7.30. The van der Waals surface area contributed by atoms with Gasteiger partial charge in [-0.1, -0.05) is 12.1 Å². The number of aryl methyl sites for hydroxylation is 2. The summed E-state index contributed by atoms with van der Waals surface area (Å²) < 4.78 is 12.9. The Hall–Kier alpha value is -1.75. The molecule has 118 valence electrons. The maximum atomic E-state index is 12.9. The Labute approximate surface area is 134 Å². The lowest BCUT2D eigenvalue weighted by molar-refractivity contribution is -0.122. The van der Waals surface area contributed by atoms with Gasteiger partial charge in [0.05, 0.1) is 11.2 Å². The van der Waals surface area contributed by atoms with Gasteiger partial charge in [0.1, 0.15) is 5.82 Å². The molecule has 0 bridgehead atoms. The lowest BCUT2D eigenvalue weighted by Crippen LogP contribution is -2.45. The maximum Gasteiger partial charge on any atom is 0.220 e. The molecule has 0 aliphatic heterocycles. The standard InChI is InChI=1S/C17H21FN2OS/c1-12-15(22-11-19-12)8-9-16(21)20-17(2,3)10-13-4-6-14(18)7-5-13/h4-7,11H,8-10H2,1-3H3,(H,20,21). The molecule has 5 heteroatoms. The van der Waals surface area contributed by atoms with Gasteiger partial charge in [0.25, 0.3) is 0 Å². The molecular weight excluding hydrogens is 299 g/mol. The molecule has 0 aliphatic carbocycles. The summed E-state index contributed by atoms with van der Waals surface area (Å²) in [7, 11) is 0. The van der Waals surface area contributed by atoms with E-state index >= 15 is 0 Å². The van der Waals surface area contributed by atoms with Crippen molar-refractivity contribution in [1.82, 2.24) is 10.3 Å². The van der Waals surface area contributed by atoms with Gasteiger partial charge in [0, 0.05) is 16.8 Å². The highest BCUT2D eigenvalue weighted by Gasteiger charge is 2.21. The first-order chi connectivity index (χ1) is 10.4. The van der Waals surface area contributed by atoms with Crippen LogP contribution in [0.15, 0.2) is 29.8 Å². The van der Waals surface area contributed by atoms with E-state index in [4.69, 9.17) is 0 Å². The highest BCUT2D eigenvalue weighted by molar-refractivity contribution is 7.09. The first-order valence-corrected chi connectivity index (χ1v) is 8.18. The van der Waals surface area contributed by atoms with E-state index in [1.54, 1.807) is 29.0 Å².